The van der Waals surface area contributed by atoms with E-state index in [-0.39, 0.29) is 0 Å². The second-order valence-electron chi connectivity index (χ2n) is 10.6. The highest BCUT2D eigenvalue weighted by molar-refractivity contribution is 7.26. The molecule has 4 heteroatoms. The van der Waals surface area contributed by atoms with E-state index in [4.69, 9.17) is 9.97 Å². The Hall–Kier alpha value is -5.32. The number of nitrogens with zero attached hydrogens (tertiary/aromatic N) is 3. The van der Waals surface area contributed by atoms with Crippen LogP contribution in [0.1, 0.15) is 0 Å². The van der Waals surface area contributed by atoms with E-state index in [2.05, 4.69) is 120 Å². The van der Waals surface area contributed by atoms with Crippen LogP contribution in [-0.2, 0) is 0 Å². The van der Waals surface area contributed by atoms with Gasteiger partial charge in [-0.3, -0.25) is 4.57 Å². The third-order valence-electron chi connectivity index (χ3n) is 8.20. The van der Waals surface area contributed by atoms with Crippen LogP contribution in [0.15, 0.2) is 140 Å². The van der Waals surface area contributed by atoms with Crippen molar-refractivity contribution in [1.82, 2.24) is 14.5 Å². The maximum absolute atomic E-state index is 5.19. The Labute approximate surface area is 246 Å². The van der Waals surface area contributed by atoms with Crippen molar-refractivity contribution in [3.63, 3.8) is 0 Å². The van der Waals surface area contributed by atoms with Gasteiger partial charge in [-0.15, -0.1) is 11.3 Å². The average molecular weight is 554 g/mol. The standard InChI is InChI=1S/C38H23N3S/c1-3-12-25(13-4-1)31-22-36(40-38(39-31)26-14-5-2-6-15-26)41-32-18-10-9-17-28(32)29-21-30-35(23-33(29)41)42-34-20-19-24-11-7-8-16-27(24)37(30)34/h1-23H. The Balaban J connectivity index is 1.39. The molecule has 0 atom stereocenters. The van der Waals surface area contributed by atoms with Gasteiger partial charge in [-0.05, 0) is 35.0 Å². The van der Waals surface area contributed by atoms with Gasteiger partial charge >= 0.3 is 0 Å². The lowest BCUT2D eigenvalue weighted by atomic mass is 10.0. The molecule has 0 radical (unpaired) electrons. The van der Waals surface area contributed by atoms with Crippen LogP contribution in [-0.4, -0.2) is 14.5 Å². The van der Waals surface area contributed by atoms with Crippen LogP contribution in [0.2, 0.25) is 0 Å². The molecule has 42 heavy (non-hydrogen) atoms. The highest BCUT2D eigenvalue weighted by Gasteiger charge is 2.19. The quantitative estimate of drug-likeness (QED) is 0.218. The van der Waals surface area contributed by atoms with Gasteiger partial charge in [-0.2, -0.15) is 0 Å². The molecule has 0 spiro atoms. The van der Waals surface area contributed by atoms with Crippen LogP contribution in [0.4, 0.5) is 0 Å². The van der Waals surface area contributed by atoms with Crippen LogP contribution >= 0.6 is 11.3 Å². The molecule has 0 aliphatic carbocycles. The van der Waals surface area contributed by atoms with Crippen molar-refractivity contribution in [2.75, 3.05) is 0 Å². The maximum Gasteiger partial charge on any atom is 0.162 e. The molecule has 3 aromatic heterocycles. The van der Waals surface area contributed by atoms with E-state index in [1.165, 1.54) is 41.7 Å². The highest BCUT2D eigenvalue weighted by atomic mass is 32.1. The first-order chi connectivity index (χ1) is 20.8. The molecule has 0 amide bonds. The van der Waals surface area contributed by atoms with Crippen LogP contribution in [0.5, 0.6) is 0 Å². The fourth-order valence-electron chi connectivity index (χ4n) is 6.28. The van der Waals surface area contributed by atoms with Crippen molar-refractivity contribution >= 4 is 64.1 Å². The van der Waals surface area contributed by atoms with Crippen molar-refractivity contribution in [3.8, 4) is 28.5 Å². The molecule has 0 saturated heterocycles. The average Bonchev–Trinajstić information content (AvgIpc) is 3.59. The molecule has 0 aliphatic heterocycles. The smallest absolute Gasteiger partial charge is 0.162 e. The predicted octanol–water partition coefficient (Wildman–Crippen LogP) is 10.4. The Kier molecular flexibility index (Phi) is 5.07. The van der Waals surface area contributed by atoms with Gasteiger partial charge < -0.3 is 0 Å². The summed E-state index contributed by atoms with van der Waals surface area (Å²) >= 11 is 1.86. The third kappa shape index (κ3) is 3.52. The molecule has 9 aromatic rings. The van der Waals surface area contributed by atoms with Gasteiger partial charge in [0.15, 0.2) is 5.82 Å². The number of aromatic nitrogens is 3. The fourth-order valence-corrected chi connectivity index (χ4v) is 7.41. The number of fused-ring (bicyclic) bond motifs is 8. The second kappa shape index (κ2) is 9.10. The number of hydrogen-bond donors (Lipinski definition) is 0. The van der Waals surface area contributed by atoms with Crippen LogP contribution in [0, 0.1) is 0 Å². The minimum atomic E-state index is 0.715. The molecule has 6 aromatic carbocycles. The molecule has 0 fully saturated rings. The molecule has 0 bridgehead atoms. The molecule has 3 heterocycles. The minimum Gasteiger partial charge on any atom is -0.294 e. The zero-order valence-electron chi connectivity index (χ0n) is 22.5. The summed E-state index contributed by atoms with van der Waals surface area (Å²) in [7, 11) is 0. The molecular weight excluding hydrogens is 531 g/mol. The van der Waals surface area contributed by atoms with Crippen LogP contribution < -0.4 is 0 Å². The van der Waals surface area contributed by atoms with E-state index in [1.807, 2.05) is 35.6 Å². The first-order valence-electron chi connectivity index (χ1n) is 14.1. The van der Waals surface area contributed by atoms with Crippen LogP contribution in [0.3, 0.4) is 0 Å². The normalized spacial score (nSPS) is 11.8. The van der Waals surface area contributed by atoms with Gasteiger partial charge in [0.2, 0.25) is 0 Å². The van der Waals surface area contributed by atoms with Gasteiger partial charge in [-0.25, -0.2) is 9.97 Å². The third-order valence-corrected chi connectivity index (χ3v) is 9.32. The SMILES string of the molecule is c1ccc(-c2cc(-n3c4ccccc4c4cc5c(cc43)sc3ccc4ccccc4c35)nc(-c3ccccc3)n2)cc1. The maximum atomic E-state index is 5.19. The zero-order chi connectivity index (χ0) is 27.6. The Morgan fingerprint density at radius 3 is 2.02 bits per heavy atom. The summed E-state index contributed by atoms with van der Waals surface area (Å²) in [6, 6.07) is 49.4. The number of rotatable bonds is 3. The van der Waals surface area contributed by atoms with Gasteiger partial charge in [0.05, 0.1) is 16.7 Å². The van der Waals surface area contributed by atoms with E-state index < -0.39 is 0 Å². The Morgan fingerprint density at radius 1 is 0.476 bits per heavy atom. The molecule has 196 valence electrons. The minimum absolute atomic E-state index is 0.715. The number of para-hydroxylation sites is 1. The molecule has 0 unspecified atom stereocenters. The monoisotopic (exact) mass is 553 g/mol. The highest BCUT2D eigenvalue weighted by Crippen LogP contribution is 2.43. The van der Waals surface area contributed by atoms with Crippen molar-refractivity contribution < 1.29 is 0 Å². The zero-order valence-corrected chi connectivity index (χ0v) is 23.3. The van der Waals surface area contributed by atoms with E-state index >= 15 is 0 Å². The second-order valence-corrected chi connectivity index (χ2v) is 11.7. The summed E-state index contributed by atoms with van der Waals surface area (Å²) in [4.78, 5) is 10.2. The first-order valence-corrected chi connectivity index (χ1v) is 14.9. The predicted molar refractivity (Wildman–Crippen MR) is 178 cm³/mol. The summed E-state index contributed by atoms with van der Waals surface area (Å²) in [6.45, 7) is 0. The van der Waals surface area contributed by atoms with E-state index in [1.54, 1.807) is 0 Å². The fraction of sp³-hybridized carbons (Fsp3) is 0. The Bertz CT molecular complexity index is 2400. The summed E-state index contributed by atoms with van der Waals surface area (Å²) in [6.07, 6.45) is 0. The Morgan fingerprint density at radius 2 is 1.19 bits per heavy atom. The topological polar surface area (TPSA) is 30.7 Å². The van der Waals surface area contributed by atoms with Gasteiger partial charge in [0.25, 0.3) is 0 Å². The summed E-state index contributed by atoms with van der Waals surface area (Å²) in [5.41, 5.74) is 5.25. The van der Waals surface area contributed by atoms with Crippen LogP contribution in [0.25, 0.3) is 81.2 Å². The number of hydrogen-bond acceptors (Lipinski definition) is 3. The molecule has 0 aliphatic rings. The van der Waals surface area contributed by atoms with E-state index in [9.17, 15) is 0 Å². The van der Waals surface area contributed by atoms with Crippen molar-refractivity contribution in [2.45, 2.75) is 0 Å². The van der Waals surface area contributed by atoms with E-state index in [0.717, 1.165) is 33.7 Å². The molecule has 0 N–H and O–H groups in total. The lowest BCUT2D eigenvalue weighted by molar-refractivity contribution is 1.05. The van der Waals surface area contributed by atoms with Crippen molar-refractivity contribution in [3.05, 3.63) is 140 Å². The first kappa shape index (κ1) is 23.4. The summed E-state index contributed by atoms with van der Waals surface area (Å²) in [5.74, 6) is 1.58. The summed E-state index contributed by atoms with van der Waals surface area (Å²) in [5, 5.41) is 7.67. The molecule has 9 rings (SSSR count). The summed E-state index contributed by atoms with van der Waals surface area (Å²) < 4.78 is 4.90. The van der Waals surface area contributed by atoms with Crippen molar-refractivity contribution in [2.24, 2.45) is 0 Å². The van der Waals surface area contributed by atoms with Gasteiger partial charge in [0.1, 0.15) is 5.82 Å². The van der Waals surface area contributed by atoms with E-state index in [0.29, 0.717) is 5.82 Å². The van der Waals surface area contributed by atoms with Gasteiger partial charge in [-0.1, -0.05) is 109 Å². The molecule has 3 nitrogen and oxygen atoms in total. The molecular formula is C38H23N3S. The van der Waals surface area contributed by atoms with Gasteiger partial charge in [0, 0.05) is 48.1 Å². The molecule has 0 saturated carbocycles. The number of benzene rings is 6. The van der Waals surface area contributed by atoms with Crippen molar-refractivity contribution in [1.29, 1.82) is 0 Å². The largest absolute Gasteiger partial charge is 0.294 e. The lowest BCUT2D eigenvalue weighted by Crippen LogP contribution is -2.02. The lowest BCUT2D eigenvalue weighted by Gasteiger charge is -2.12. The number of thiophene rings is 1.